The number of nitrogens with zero attached hydrogens (tertiary/aromatic N) is 3. The SMILES string of the molecule is CCc1cccs1.NC(=O)c1sc2nc(N3CCC(N)CC3)ncc2c1N. The van der Waals surface area contributed by atoms with Gasteiger partial charge in [0.15, 0.2) is 0 Å². The van der Waals surface area contributed by atoms with Crippen LogP contribution in [0.15, 0.2) is 23.7 Å². The second kappa shape index (κ2) is 8.64. The van der Waals surface area contributed by atoms with Crippen LogP contribution in [-0.2, 0) is 6.42 Å². The molecule has 1 aliphatic rings. The van der Waals surface area contributed by atoms with Gasteiger partial charge in [0.25, 0.3) is 5.91 Å². The van der Waals surface area contributed by atoms with Crippen LogP contribution in [0.25, 0.3) is 10.2 Å². The van der Waals surface area contributed by atoms with Crippen LogP contribution in [0.1, 0.15) is 34.3 Å². The summed E-state index contributed by atoms with van der Waals surface area (Å²) in [4.78, 5) is 24.7. The van der Waals surface area contributed by atoms with Gasteiger partial charge in [0.1, 0.15) is 9.71 Å². The van der Waals surface area contributed by atoms with Crippen LogP contribution in [0.2, 0.25) is 0 Å². The number of primary amides is 1. The van der Waals surface area contributed by atoms with E-state index in [2.05, 4.69) is 39.3 Å². The van der Waals surface area contributed by atoms with Gasteiger partial charge in [-0.3, -0.25) is 4.79 Å². The molecule has 3 aromatic heterocycles. The van der Waals surface area contributed by atoms with Crippen LogP contribution in [-0.4, -0.2) is 35.0 Å². The fourth-order valence-electron chi connectivity index (χ4n) is 2.84. The number of hydrogen-bond donors (Lipinski definition) is 3. The fourth-order valence-corrected chi connectivity index (χ4v) is 4.41. The number of rotatable bonds is 3. The molecular formula is C18H24N6OS2. The zero-order valence-corrected chi connectivity index (χ0v) is 16.9. The van der Waals surface area contributed by atoms with Gasteiger partial charge >= 0.3 is 0 Å². The molecule has 0 spiro atoms. The average Bonchev–Trinajstić information content (AvgIpc) is 3.30. The lowest BCUT2D eigenvalue weighted by Crippen LogP contribution is -2.40. The minimum Gasteiger partial charge on any atom is -0.397 e. The molecule has 1 fully saturated rings. The summed E-state index contributed by atoms with van der Waals surface area (Å²) >= 11 is 3.03. The summed E-state index contributed by atoms with van der Waals surface area (Å²) in [7, 11) is 0. The van der Waals surface area contributed by atoms with E-state index in [4.69, 9.17) is 17.2 Å². The zero-order chi connectivity index (χ0) is 19.4. The van der Waals surface area contributed by atoms with Crippen LogP contribution in [0.4, 0.5) is 11.6 Å². The molecule has 0 unspecified atom stereocenters. The van der Waals surface area contributed by atoms with Crippen molar-refractivity contribution in [1.82, 2.24) is 9.97 Å². The lowest BCUT2D eigenvalue weighted by Gasteiger charge is -2.29. The number of nitrogens with two attached hydrogens (primary N) is 3. The maximum atomic E-state index is 11.3. The molecule has 4 heterocycles. The van der Waals surface area contributed by atoms with E-state index in [-0.39, 0.29) is 6.04 Å². The van der Waals surface area contributed by atoms with Gasteiger partial charge in [-0.05, 0) is 30.7 Å². The van der Waals surface area contributed by atoms with Crippen LogP contribution in [0.5, 0.6) is 0 Å². The maximum Gasteiger partial charge on any atom is 0.260 e. The van der Waals surface area contributed by atoms with Gasteiger partial charge in [-0.1, -0.05) is 13.0 Å². The number of thiophene rings is 2. The standard InChI is InChI=1S/C12H16N6OS.C6H8S/c13-6-1-3-18(4-2-6)12-16-5-7-8(14)9(10(15)19)20-11(7)17-12;1-2-6-4-3-5-7-6/h5-6H,1-4,13-14H2,(H2,15,19);3-5H,2H2,1H3. The Balaban J connectivity index is 0.000000253. The van der Waals surface area contributed by atoms with Crippen LogP contribution < -0.4 is 22.1 Å². The molecule has 7 nitrogen and oxygen atoms in total. The maximum absolute atomic E-state index is 11.3. The van der Waals surface area contributed by atoms with E-state index in [1.807, 2.05) is 11.3 Å². The first-order valence-electron chi connectivity index (χ1n) is 8.87. The Morgan fingerprint density at radius 3 is 2.67 bits per heavy atom. The Morgan fingerprint density at radius 2 is 2.11 bits per heavy atom. The second-order valence-corrected chi connectivity index (χ2v) is 8.39. The predicted octanol–water partition coefficient (Wildman–Crippen LogP) is 2.61. The van der Waals surface area contributed by atoms with E-state index < -0.39 is 5.91 Å². The number of nitrogen functional groups attached to an aromatic ring is 1. The molecule has 0 aliphatic carbocycles. The molecule has 144 valence electrons. The molecule has 3 aromatic rings. The lowest BCUT2D eigenvalue weighted by atomic mass is 10.1. The van der Waals surface area contributed by atoms with Gasteiger partial charge in [0.05, 0.1) is 11.1 Å². The summed E-state index contributed by atoms with van der Waals surface area (Å²) in [5.74, 6) is 0.123. The molecule has 0 aromatic carbocycles. The summed E-state index contributed by atoms with van der Waals surface area (Å²) in [6, 6.07) is 4.50. The summed E-state index contributed by atoms with van der Waals surface area (Å²) < 4.78 is 0. The summed E-state index contributed by atoms with van der Waals surface area (Å²) in [6.07, 6.45) is 4.70. The molecule has 1 amide bonds. The first-order chi connectivity index (χ1) is 13.0. The van der Waals surface area contributed by atoms with Crippen LogP contribution in [0, 0.1) is 0 Å². The molecule has 4 rings (SSSR count). The van der Waals surface area contributed by atoms with E-state index in [1.54, 1.807) is 6.20 Å². The van der Waals surface area contributed by atoms with Gasteiger partial charge in [0.2, 0.25) is 5.95 Å². The third-order valence-electron chi connectivity index (χ3n) is 4.45. The molecule has 27 heavy (non-hydrogen) atoms. The molecule has 6 N–H and O–H groups in total. The normalized spacial score (nSPS) is 14.8. The van der Waals surface area contributed by atoms with Crippen molar-refractivity contribution in [3.63, 3.8) is 0 Å². The van der Waals surface area contributed by atoms with Crippen molar-refractivity contribution in [2.45, 2.75) is 32.2 Å². The Morgan fingerprint density at radius 1 is 1.37 bits per heavy atom. The zero-order valence-electron chi connectivity index (χ0n) is 15.2. The lowest BCUT2D eigenvalue weighted by molar-refractivity contribution is 0.100. The minimum absolute atomic E-state index is 0.258. The van der Waals surface area contributed by atoms with E-state index in [1.165, 1.54) is 22.6 Å². The van der Waals surface area contributed by atoms with Crippen LogP contribution >= 0.6 is 22.7 Å². The Kier molecular flexibility index (Phi) is 6.25. The quantitative estimate of drug-likeness (QED) is 0.616. The molecule has 1 saturated heterocycles. The highest BCUT2D eigenvalue weighted by Gasteiger charge is 2.20. The average molecular weight is 405 g/mol. The largest absolute Gasteiger partial charge is 0.397 e. The number of anilines is 2. The Hall–Kier alpha value is -2.23. The van der Waals surface area contributed by atoms with Crippen molar-refractivity contribution in [2.75, 3.05) is 23.7 Å². The minimum atomic E-state index is -0.531. The number of piperidine rings is 1. The van der Waals surface area contributed by atoms with E-state index in [9.17, 15) is 4.79 Å². The highest BCUT2D eigenvalue weighted by atomic mass is 32.1. The number of fused-ring (bicyclic) bond motifs is 1. The van der Waals surface area contributed by atoms with Crippen molar-refractivity contribution in [3.05, 3.63) is 33.5 Å². The Labute approximate surface area is 166 Å². The number of aryl methyl sites for hydroxylation is 1. The topological polar surface area (TPSA) is 124 Å². The Bertz CT molecular complexity index is 900. The van der Waals surface area contributed by atoms with E-state index in [0.29, 0.717) is 26.7 Å². The number of amides is 1. The van der Waals surface area contributed by atoms with Crippen molar-refractivity contribution in [3.8, 4) is 0 Å². The van der Waals surface area contributed by atoms with Gasteiger partial charge in [-0.25, -0.2) is 9.97 Å². The van der Waals surface area contributed by atoms with Gasteiger partial charge < -0.3 is 22.1 Å². The third kappa shape index (κ3) is 4.55. The monoisotopic (exact) mass is 404 g/mol. The highest BCUT2D eigenvalue weighted by molar-refractivity contribution is 7.21. The van der Waals surface area contributed by atoms with Gasteiger partial charge in [-0.15, -0.1) is 22.7 Å². The smallest absolute Gasteiger partial charge is 0.260 e. The van der Waals surface area contributed by atoms with Gasteiger partial charge in [-0.2, -0.15) is 0 Å². The number of carbonyl (C=O) groups is 1. The second-order valence-electron chi connectivity index (χ2n) is 6.36. The van der Waals surface area contributed by atoms with E-state index in [0.717, 1.165) is 25.9 Å². The van der Waals surface area contributed by atoms with Crippen LogP contribution in [0.3, 0.4) is 0 Å². The molecule has 0 saturated carbocycles. The molecule has 0 radical (unpaired) electrons. The predicted molar refractivity (Wildman–Crippen MR) is 113 cm³/mol. The first kappa shape index (κ1) is 19.5. The number of hydrogen-bond acceptors (Lipinski definition) is 8. The number of carbonyl (C=O) groups excluding carboxylic acids is 1. The highest BCUT2D eigenvalue weighted by Crippen LogP contribution is 2.32. The molecule has 9 heteroatoms. The fraction of sp³-hybridized carbons (Fsp3) is 0.389. The van der Waals surface area contributed by atoms with Gasteiger partial charge in [0, 0.05) is 30.2 Å². The summed E-state index contributed by atoms with van der Waals surface area (Å²) in [5.41, 5.74) is 17.4. The molecular weight excluding hydrogens is 380 g/mol. The van der Waals surface area contributed by atoms with Crippen molar-refractivity contribution in [1.29, 1.82) is 0 Å². The molecule has 0 atom stereocenters. The summed E-state index contributed by atoms with van der Waals surface area (Å²) in [5, 5.41) is 2.79. The van der Waals surface area contributed by atoms with Crippen molar-refractivity contribution < 1.29 is 4.79 Å². The first-order valence-corrected chi connectivity index (χ1v) is 10.6. The molecule has 1 aliphatic heterocycles. The third-order valence-corrected chi connectivity index (χ3v) is 6.60. The summed E-state index contributed by atoms with van der Waals surface area (Å²) in [6.45, 7) is 3.86. The van der Waals surface area contributed by atoms with E-state index >= 15 is 0 Å². The molecule has 0 bridgehead atoms. The van der Waals surface area contributed by atoms with Crippen molar-refractivity contribution >= 4 is 50.4 Å². The van der Waals surface area contributed by atoms with Crippen molar-refractivity contribution in [2.24, 2.45) is 11.5 Å². The number of aromatic nitrogens is 2.